The average molecular weight is 445 g/mol. The number of nitrogens with one attached hydrogen (secondary N) is 1. The van der Waals surface area contributed by atoms with Gasteiger partial charge in [-0.05, 0) is 48.2 Å². The minimum Gasteiger partial charge on any atom is -0.406 e. The molecule has 0 spiro atoms. The molecule has 1 heterocycles. The van der Waals surface area contributed by atoms with Gasteiger partial charge in [-0.3, -0.25) is 14.9 Å². The summed E-state index contributed by atoms with van der Waals surface area (Å²) in [6, 6.07) is 9.31. The van der Waals surface area contributed by atoms with Gasteiger partial charge in [-0.15, -0.1) is 13.2 Å². The van der Waals surface area contributed by atoms with E-state index in [1.165, 1.54) is 24.3 Å². The molecule has 0 bridgehead atoms. The van der Waals surface area contributed by atoms with Crippen LogP contribution in [0.3, 0.4) is 0 Å². The molecule has 1 saturated heterocycles. The quantitative estimate of drug-likeness (QED) is 0.554. The van der Waals surface area contributed by atoms with Crippen molar-refractivity contribution in [2.75, 3.05) is 0 Å². The first-order chi connectivity index (χ1) is 13.5. The Morgan fingerprint density at radius 3 is 2.24 bits per heavy atom. The molecule has 0 aliphatic carbocycles. The molecule has 0 atom stereocenters. The third-order valence-electron chi connectivity index (χ3n) is 3.39. The Balaban J connectivity index is 1.85. The lowest BCUT2D eigenvalue weighted by Crippen LogP contribution is -2.17. The van der Waals surface area contributed by atoms with Gasteiger partial charge in [0.25, 0.3) is 11.1 Å². The van der Waals surface area contributed by atoms with Crippen molar-refractivity contribution in [3.05, 3.63) is 59.0 Å². The summed E-state index contributed by atoms with van der Waals surface area (Å²) >= 11 is 0.648. The van der Waals surface area contributed by atoms with E-state index in [0.29, 0.717) is 11.8 Å². The number of hydrogen-bond acceptors (Lipinski definition) is 7. The highest BCUT2D eigenvalue weighted by Gasteiger charge is 2.31. The summed E-state index contributed by atoms with van der Waals surface area (Å²) in [7, 11) is -4.39. The molecule has 1 fully saturated rings. The zero-order chi connectivity index (χ0) is 21.2. The highest BCUT2D eigenvalue weighted by atomic mass is 32.2. The third kappa shape index (κ3) is 5.29. The molecule has 1 aliphatic rings. The van der Waals surface area contributed by atoms with Crippen molar-refractivity contribution in [1.82, 2.24) is 5.32 Å². The van der Waals surface area contributed by atoms with E-state index in [4.69, 9.17) is 4.18 Å². The predicted molar refractivity (Wildman–Crippen MR) is 96.5 cm³/mol. The van der Waals surface area contributed by atoms with Crippen LogP contribution in [0.15, 0.2) is 58.3 Å². The van der Waals surface area contributed by atoms with Gasteiger partial charge in [-0.2, -0.15) is 8.42 Å². The number of hydrogen-bond donors (Lipinski definition) is 1. The first kappa shape index (κ1) is 20.7. The van der Waals surface area contributed by atoms with Crippen molar-refractivity contribution in [3.63, 3.8) is 0 Å². The van der Waals surface area contributed by atoms with Crippen molar-refractivity contribution >= 4 is 39.1 Å². The predicted octanol–water partition coefficient (Wildman–Crippen LogP) is 3.68. The normalized spacial score (nSPS) is 16.0. The summed E-state index contributed by atoms with van der Waals surface area (Å²) in [6.07, 6.45) is -3.62. The highest BCUT2D eigenvalue weighted by Crippen LogP contribution is 2.31. The minimum atomic E-state index is -4.91. The summed E-state index contributed by atoms with van der Waals surface area (Å²) in [5.41, 5.74) is 0.209. The summed E-state index contributed by atoms with van der Waals surface area (Å²) < 4.78 is 70.3. The Kier molecular flexibility index (Phi) is 5.57. The summed E-state index contributed by atoms with van der Waals surface area (Å²) in [5.74, 6) is -1.35. The maximum absolute atomic E-state index is 12.5. The molecular weight excluding hydrogens is 435 g/mol. The Morgan fingerprint density at radius 1 is 1.00 bits per heavy atom. The van der Waals surface area contributed by atoms with Crippen molar-refractivity contribution < 1.29 is 40.1 Å². The molecule has 1 N–H and O–H groups in total. The van der Waals surface area contributed by atoms with E-state index < -0.39 is 38.3 Å². The number of halogens is 3. The van der Waals surface area contributed by atoms with Gasteiger partial charge < -0.3 is 8.92 Å². The number of rotatable bonds is 5. The summed E-state index contributed by atoms with van der Waals surface area (Å²) in [6.45, 7) is 0. The Bertz CT molecular complexity index is 1090. The zero-order valence-electron chi connectivity index (χ0n) is 14.1. The Morgan fingerprint density at radius 2 is 1.66 bits per heavy atom. The second-order valence-electron chi connectivity index (χ2n) is 5.45. The lowest BCUT2D eigenvalue weighted by atomic mass is 10.2. The van der Waals surface area contributed by atoms with E-state index in [0.717, 1.165) is 24.3 Å². The lowest BCUT2D eigenvalue weighted by Gasteiger charge is -2.11. The van der Waals surface area contributed by atoms with Crippen LogP contribution in [-0.4, -0.2) is 25.9 Å². The molecule has 0 unspecified atom stereocenters. The molecule has 152 valence electrons. The zero-order valence-corrected chi connectivity index (χ0v) is 15.7. The van der Waals surface area contributed by atoms with Gasteiger partial charge >= 0.3 is 16.5 Å². The van der Waals surface area contributed by atoms with Crippen LogP contribution in [0.5, 0.6) is 11.5 Å². The number of benzene rings is 2. The van der Waals surface area contributed by atoms with Crippen LogP contribution >= 0.6 is 11.8 Å². The van der Waals surface area contributed by atoms with Gasteiger partial charge in [0, 0.05) is 5.56 Å². The standard InChI is InChI=1S/C17H10F3NO6S2/c18-17(19,20)26-11-5-7-12(8-6-11)29(24,25)27-13-4-2-1-3-10(13)9-14-15(22)21-16(23)28-14/h1-9H,(H,21,22,23)/b14-9-. The van der Waals surface area contributed by atoms with Crippen LogP contribution in [0.1, 0.15) is 5.56 Å². The van der Waals surface area contributed by atoms with E-state index in [-0.39, 0.29) is 16.2 Å². The van der Waals surface area contributed by atoms with Gasteiger partial charge in [-0.1, -0.05) is 18.2 Å². The summed E-state index contributed by atoms with van der Waals surface area (Å²) in [4.78, 5) is 22.6. The van der Waals surface area contributed by atoms with Crippen molar-refractivity contribution in [3.8, 4) is 11.5 Å². The fourth-order valence-electron chi connectivity index (χ4n) is 2.21. The second-order valence-corrected chi connectivity index (χ2v) is 8.01. The topological polar surface area (TPSA) is 98.8 Å². The molecule has 12 heteroatoms. The van der Waals surface area contributed by atoms with Crippen LogP contribution in [0.25, 0.3) is 6.08 Å². The van der Waals surface area contributed by atoms with Crippen LogP contribution in [0.4, 0.5) is 18.0 Å². The molecule has 3 rings (SSSR count). The lowest BCUT2D eigenvalue weighted by molar-refractivity contribution is -0.274. The van der Waals surface area contributed by atoms with Crippen molar-refractivity contribution in [1.29, 1.82) is 0 Å². The smallest absolute Gasteiger partial charge is 0.406 e. The average Bonchev–Trinajstić information content (AvgIpc) is 2.92. The number of imide groups is 1. The maximum Gasteiger partial charge on any atom is 0.573 e. The van der Waals surface area contributed by atoms with E-state index in [1.54, 1.807) is 6.07 Å². The van der Waals surface area contributed by atoms with E-state index >= 15 is 0 Å². The van der Waals surface area contributed by atoms with E-state index in [9.17, 15) is 31.2 Å². The molecule has 1 aliphatic heterocycles. The van der Waals surface area contributed by atoms with Crippen LogP contribution in [0, 0.1) is 0 Å². The van der Waals surface area contributed by atoms with E-state index in [2.05, 4.69) is 10.1 Å². The first-order valence-electron chi connectivity index (χ1n) is 7.68. The number of carbonyl (C=O) groups excluding carboxylic acids is 2. The van der Waals surface area contributed by atoms with Gasteiger partial charge in [0.05, 0.1) is 4.91 Å². The molecule has 2 amide bonds. The van der Waals surface area contributed by atoms with Crippen LogP contribution in [0.2, 0.25) is 0 Å². The first-order valence-corrected chi connectivity index (χ1v) is 9.90. The Labute approximate surface area is 166 Å². The molecule has 2 aromatic rings. The molecule has 0 saturated carbocycles. The molecular formula is C17H10F3NO6S2. The number of ether oxygens (including phenoxy) is 1. The molecule has 29 heavy (non-hydrogen) atoms. The number of amides is 2. The number of thioether (sulfide) groups is 1. The molecule has 0 radical (unpaired) electrons. The van der Waals surface area contributed by atoms with Crippen molar-refractivity contribution in [2.24, 2.45) is 0 Å². The summed E-state index contributed by atoms with van der Waals surface area (Å²) in [5, 5.41) is 1.51. The monoisotopic (exact) mass is 445 g/mol. The maximum atomic E-state index is 12.5. The van der Waals surface area contributed by atoms with E-state index in [1.807, 2.05) is 0 Å². The van der Waals surface area contributed by atoms with Gasteiger partial charge in [0.2, 0.25) is 0 Å². The van der Waals surface area contributed by atoms with Gasteiger partial charge in [0.15, 0.2) is 0 Å². The SMILES string of the molecule is O=C1NC(=O)/C(=C/c2ccccc2OS(=O)(=O)c2ccc(OC(F)(F)F)cc2)S1. The van der Waals surface area contributed by atoms with Crippen molar-refractivity contribution in [2.45, 2.75) is 11.3 Å². The third-order valence-corrected chi connectivity index (χ3v) is 5.45. The highest BCUT2D eigenvalue weighted by molar-refractivity contribution is 8.18. The van der Waals surface area contributed by atoms with Crippen LogP contribution in [-0.2, 0) is 14.9 Å². The fourth-order valence-corrected chi connectivity index (χ4v) is 3.84. The largest absolute Gasteiger partial charge is 0.573 e. The second kappa shape index (κ2) is 7.79. The van der Waals surface area contributed by atoms with Gasteiger partial charge in [0.1, 0.15) is 16.4 Å². The molecule has 2 aromatic carbocycles. The van der Waals surface area contributed by atoms with Crippen LogP contribution < -0.4 is 14.2 Å². The molecule has 0 aromatic heterocycles. The number of para-hydroxylation sites is 1. The number of carbonyl (C=O) groups is 2. The molecule has 7 nitrogen and oxygen atoms in total. The Hall–Kier alpha value is -2.99. The van der Waals surface area contributed by atoms with Gasteiger partial charge in [-0.25, -0.2) is 0 Å². The minimum absolute atomic E-state index is 0.0529. The fraction of sp³-hybridized carbons (Fsp3) is 0.0588. The number of alkyl halides is 3.